The van der Waals surface area contributed by atoms with Crippen molar-refractivity contribution < 1.29 is 0 Å². The summed E-state index contributed by atoms with van der Waals surface area (Å²) < 4.78 is -0.752. The number of rotatable bonds is 4. The zero-order chi connectivity index (χ0) is 8.20. The lowest BCUT2D eigenvalue weighted by Gasteiger charge is -2.13. The summed E-state index contributed by atoms with van der Waals surface area (Å²) in [6.45, 7) is 2.17. The van der Waals surface area contributed by atoms with Crippen molar-refractivity contribution in [2.75, 3.05) is 5.50 Å². The Hall–Kier alpha value is 1.30. The van der Waals surface area contributed by atoms with Crippen LogP contribution in [-0.2, 0) is 0 Å². The van der Waals surface area contributed by atoms with Gasteiger partial charge in [0.25, 0.3) is 0 Å². The Kier molecular flexibility index (Phi) is 5.70. The second-order valence-electron chi connectivity index (χ2n) is 2.30. The van der Waals surface area contributed by atoms with E-state index in [-0.39, 0.29) is 0 Å². The highest BCUT2D eigenvalue weighted by molar-refractivity contribution is 6.68. The van der Waals surface area contributed by atoms with E-state index in [1.165, 1.54) is 0 Å². The fourth-order valence-corrected chi connectivity index (χ4v) is 2.65. The molecule has 0 rings (SSSR count). The zero-order valence-electron chi connectivity index (χ0n) is 5.76. The molecule has 0 aliphatic heterocycles. The minimum Gasteiger partial charge on any atom is -0.130 e. The number of halogens is 3. The van der Waals surface area contributed by atoms with Crippen LogP contribution in [0.25, 0.3) is 0 Å². The minimum absolute atomic E-state index is 0.396. The van der Waals surface area contributed by atoms with Gasteiger partial charge in [-0.05, 0) is 6.42 Å². The first-order chi connectivity index (χ1) is 4.45. The van der Waals surface area contributed by atoms with E-state index in [4.69, 9.17) is 34.8 Å². The van der Waals surface area contributed by atoms with Crippen LogP contribution in [0.2, 0.25) is 12.6 Å². The van der Waals surface area contributed by atoms with Gasteiger partial charge in [-0.3, -0.25) is 0 Å². The molecule has 0 unspecified atom stereocenters. The summed E-state index contributed by atoms with van der Waals surface area (Å²) in [5.74, 6) is 0. The molecule has 0 aromatic carbocycles. The molecule has 0 N–H and O–H groups in total. The van der Waals surface area contributed by atoms with Crippen LogP contribution in [0.5, 0.6) is 0 Å². The average molecular weight is 232 g/mol. The van der Waals surface area contributed by atoms with Gasteiger partial charge in [0.15, 0.2) is 0 Å². The summed E-state index contributed by atoms with van der Waals surface area (Å²) in [6.07, 6.45) is 0.768. The van der Waals surface area contributed by atoms with Crippen molar-refractivity contribution in [3.05, 3.63) is 0 Å². The standard InChI is InChI=1S/C5H9Cl3Si2/c1-10(4-6)3-2-5(7,8)9/h2-4H2,1H3. The van der Waals surface area contributed by atoms with Gasteiger partial charge in [0.2, 0.25) is 0 Å². The van der Waals surface area contributed by atoms with E-state index in [0.29, 0.717) is 0 Å². The molecule has 0 aromatic rings. The summed E-state index contributed by atoms with van der Waals surface area (Å²) in [5, 5.41) is 0. The Morgan fingerprint density at radius 2 is 2.00 bits per heavy atom. The maximum absolute atomic E-state index is 5.69. The van der Waals surface area contributed by atoms with Crippen LogP contribution in [0, 0.1) is 0 Å². The number of hydrogen-bond donors (Lipinski definition) is 0. The van der Waals surface area contributed by atoms with E-state index in [2.05, 4.69) is 16.8 Å². The lowest BCUT2D eigenvalue weighted by atomic mass is 10.5. The van der Waals surface area contributed by atoms with E-state index in [1.54, 1.807) is 0 Å². The topological polar surface area (TPSA) is 0 Å². The van der Waals surface area contributed by atoms with Crippen LogP contribution in [-0.4, -0.2) is 28.5 Å². The predicted octanol–water partition coefficient (Wildman–Crippen LogP) is 2.58. The van der Waals surface area contributed by atoms with Crippen LogP contribution in [0.4, 0.5) is 0 Å². The summed E-state index contributed by atoms with van der Waals surface area (Å²) in [7, 11) is 2.79. The Morgan fingerprint density at radius 3 is 2.30 bits per heavy atom. The lowest BCUT2D eigenvalue weighted by molar-refractivity contribution is 0.956. The van der Waals surface area contributed by atoms with Gasteiger partial charge in [-0.1, -0.05) is 12.6 Å². The third kappa shape index (κ3) is 7.41. The monoisotopic (exact) mass is 230 g/mol. The van der Waals surface area contributed by atoms with Crippen LogP contribution in [0.3, 0.4) is 0 Å². The molecule has 0 aliphatic carbocycles. The van der Waals surface area contributed by atoms with E-state index in [9.17, 15) is 0 Å². The lowest BCUT2D eigenvalue weighted by Crippen LogP contribution is -2.18. The maximum Gasteiger partial charge on any atom is 0.0995 e. The Morgan fingerprint density at radius 1 is 1.50 bits per heavy atom. The highest BCUT2D eigenvalue weighted by atomic mass is 35.5. The highest BCUT2D eigenvalue weighted by Gasteiger charge is 2.17. The van der Waals surface area contributed by atoms with Crippen molar-refractivity contribution in [3.63, 3.8) is 0 Å². The summed E-state index contributed by atoms with van der Waals surface area (Å²) >= 11 is 17.0. The van der Waals surface area contributed by atoms with Crippen LogP contribution in [0.15, 0.2) is 0 Å². The van der Waals surface area contributed by atoms with Gasteiger partial charge >= 0.3 is 0 Å². The Labute approximate surface area is 82.3 Å². The van der Waals surface area contributed by atoms with Gasteiger partial charge in [0, 0.05) is 5.50 Å². The van der Waals surface area contributed by atoms with Crippen molar-refractivity contribution in [1.29, 1.82) is 0 Å². The largest absolute Gasteiger partial charge is 0.130 e. The SMILES string of the molecule is C[Si](CCl)CCC([Si])(Cl)Cl. The van der Waals surface area contributed by atoms with Crippen LogP contribution >= 0.6 is 34.8 Å². The molecule has 5 heteroatoms. The first-order valence-electron chi connectivity index (χ1n) is 2.96. The second-order valence-corrected chi connectivity index (χ2v) is 8.75. The molecule has 58 valence electrons. The molecule has 0 aromatic heterocycles. The molecule has 0 amide bonds. The average Bonchev–Trinajstić information content (AvgIpc) is 1.81. The molecule has 4 radical (unpaired) electrons. The summed E-state index contributed by atoms with van der Waals surface area (Å²) in [5.41, 5.74) is 0.765. The molecule has 0 heterocycles. The maximum atomic E-state index is 5.69. The Balaban J connectivity index is 3.36. The van der Waals surface area contributed by atoms with Gasteiger partial charge < -0.3 is 0 Å². The van der Waals surface area contributed by atoms with Gasteiger partial charge in [-0.15, -0.1) is 34.8 Å². The molecule has 0 bridgehead atoms. The molecule has 0 saturated carbocycles. The van der Waals surface area contributed by atoms with Gasteiger partial charge in [0.05, 0.1) is 23.0 Å². The van der Waals surface area contributed by atoms with E-state index in [1.807, 2.05) is 0 Å². The van der Waals surface area contributed by atoms with Gasteiger partial charge in [-0.25, -0.2) is 0 Å². The molecule has 0 saturated heterocycles. The van der Waals surface area contributed by atoms with Crippen LogP contribution in [0.1, 0.15) is 6.42 Å². The van der Waals surface area contributed by atoms with E-state index < -0.39 is 12.8 Å². The van der Waals surface area contributed by atoms with Crippen LogP contribution < -0.4 is 0 Å². The van der Waals surface area contributed by atoms with Gasteiger partial charge in [0.1, 0.15) is 0 Å². The van der Waals surface area contributed by atoms with Crippen molar-refractivity contribution in [3.8, 4) is 0 Å². The fraction of sp³-hybridized carbons (Fsp3) is 1.00. The molecule has 0 atom stereocenters. The molecule has 0 spiro atoms. The quantitative estimate of drug-likeness (QED) is 0.515. The minimum atomic E-state index is -0.752. The highest BCUT2D eigenvalue weighted by Crippen LogP contribution is 2.23. The normalized spacial score (nSPS) is 12.6. The second kappa shape index (κ2) is 5.04. The predicted molar refractivity (Wildman–Crippen MR) is 52.0 cm³/mol. The number of alkyl halides is 3. The van der Waals surface area contributed by atoms with E-state index >= 15 is 0 Å². The van der Waals surface area contributed by atoms with E-state index in [0.717, 1.165) is 18.0 Å². The van der Waals surface area contributed by atoms with Crippen molar-refractivity contribution >= 4 is 53.8 Å². The van der Waals surface area contributed by atoms with Crippen molar-refractivity contribution in [2.45, 2.75) is 23.0 Å². The molecular formula is C5H9Cl3Si2. The van der Waals surface area contributed by atoms with Gasteiger partial charge in [-0.2, -0.15) is 0 Å². The third-order valence-electron chi connectivity index (χ3n) is 1.09. The summed E-state index contributed by atoms with van der Waals surface area (Å²) in [4.78, 5) is 0. The molecule has 10 heavy (non-hydrogen) atoms. The third-order valence-corrected chi connectivity index (χ3v) is 4.65. The van der Waals surface area contributed by atoms with Crippen molar-refractivity contribution in [1.82, 2.24) is 0 Å². The number of hydrogen-bond acceptors (Lipinski definition) is 0. The smallest absolute Gasteiger partial charge is 0.0995 e. The molecule has 0 fully saturated rings. The summed E-state index contributed by atoms with van der Waals surface area (Å²) in [6, 6.07) is 1.05. The molecule has 0 aliphatic rings. The Bertz CT molecular complexity index is 91.4. The molecule has 0 nitrogen and oxygen atoms in total. The zero-order valence-corrected chi connectivity index (χ0v) is 10.0. The first-order valence-corrected chi connectivity index (χ1v) is 7.16. The molecular weight excluding hydrogens is 223 g/mol. The fourth-order valence-electron chi connectivity index (χ4n) is 0.437. The first kappa shape index (κ1) is 11.3. The van der Waals surface area contributed by atoms with Crippen molar-refractivity contribution in [2.24, 2.45) is 0 Å².